The van der Waals surface area contributed by atoms with Gasteiger partial charge in [0.05, 0.1) is 16.3 Å². The van der Waals surface area contributed by atoms with Crippen molar-refractivity contribution >= 4 is 31.0 Å². The van der Waals surface area contributed by atoms with Gasteiger partial charge in [0.25, 0.3) is 0 Å². The Hall–Kier alpha value is 0.0300. The summed E-state index contributed by atoms with van der Waals surface area (Å²) in [7, 11) is 0. The minimum Gasteiger partial charge on any atom is -0.392 e. The average molecular weight is 437 g/mol. The van der Waals surface area contributed by atoms with Gasteiger partial charge in [-0.3, -0.25) is 4.79 Å². The second-order valence-electron chi connectivity index (χ2n) is 11.4. The normalized spacial score (nSPS) is 51.0. The second-order valence-corrected chi connectivity index (χ2v) is 12.8. The highest BCUT2D eigenvalue weighted by Crippen LogP contribution is 2.68. The Labute approximate surface area is 185 Å². The fourth-order valence-corrected chi connectivity index (χ4v) is 9.32. The molecule has 2 N–H and O–H groups in total. The van der Waals surface area contributed by atoms with Crippen molar-refractivity contribution in [1.29, 1.82) is 0 Å². The lowest BCUT2D eigenvalue weighted by molar-refractivity contribution is -0.195. The van der Waals surface area contributed by atoms with Crippen LogP contribution in [0, 0.1) is 34.0 Å². The molecule has 5 aliphatic rings. The molecule has 5 heteroatoms. The van der Waals surface area contributed by atoms with E-state index in [-0.39, 0.29) is 32.7 Å². The number of ketones is 1. The first-order valence-corrected chi connectivity index (χ1v) is 12.6. The van der Waals surface area contributed by atoms with E-state index in [4.69, 9.17) is 25.3 Å². The minimum atomic E-state index is -0.773. The van der Waals surface area contributed by atoms with Gasteiger partial charge >= 0.3 is 0 Å². The number of aliphatic hydroxyl groups excluding tert-OH is 1. The van der Waals surface area contributed by atoms with Gasteiger partial charge in [-0.05, 0) is 81.1 Å². The maximum Gasteiger partial charge on any atom is 0.159 e. The Kier molecular flexibility index (Phi) is 4.70. The van der Waals surface area contributed by atoms with Gasteiger partial charge in [-0.2, -0.15) is 25.3 Å². The van der Waals surface area contributed by atoms with Gasteiger partial charge in [-0.1, -0.05) is 25.8 Å². The molecule has 0 radical (unpaired) electrons. The van der Waals surface area contributed by atoms with Crippen LogP contribution in [0.1, 0.15) is 78.1 Å². The Morgan fingerprint density at radius 3 is 2.41 bits per heavy atom. The molecule has 4 fully saturated rings. The van der Waals surface area contributed by atoms with E-state index >= 15 is 0 Å². The molecule has 0 aliphatic heterocycles. The summed E-state index contributed by atoms with van der Waals surface area (Å²) in [5, 5.41) is 22.6. The first-order chi connectivity index (χ1) is 13.6. The van der Waals surface area contributed by atoms with E-state index in [0.717, 1.165) is 51.4 Å². The quantitative estimate of drug-likeness (QED) is 0.379. The molecule has 0 aromatic heterocycles. The summed E-state index contributed by atoms with van der Waals surface area (Å²) in [6, 6.07) is 0. The SMILES string of the molecule is C[C@]12CC(C3(C(S)S)CCC3)C(=O)C=C1CC[C@@H]1[C@@H]2CC[C@]2(C)[C@@H](O)CC[C@@]12O. The van der Waals surface area contributed by atoms with Crippen molar-refractivity contribution < 1.29 is 15.0 Å². The van der Waals surface area contributed by atoms with Crippen LogP contribution in [0.25, 0.3) is 0 Å². The Bertz CT molecular complexity index is 759. The van der Waals surface area contributed by atoms with E-state index in [9.17, 15) is 15.0 Å². The zero-order valence-corrected chi connectivity index (χ0v) is 19.5. The van der Waals surface area contributed by atoms with E-state index in [1.807, 2.05) is 6.08 Å². The third-order valence-corrected chi connectivity index (χ3v) is 11.7. The number of carbonyl (C=O) groups excluding carboxylic acids is 1. The number of fused-ring (bicyclic) bond motifs is 5. The van der Waals surface area contributed by atoms with E-state index < -0.39 is 11.7 Å². The van der Waals surface area contributed by atoms with Gasteiger partial charge in [-0.15, -0.1) is 0 Å². The van der Waals surface area contributed by atoms with E-state index in [0.29, 0.717) is 24.5 Å². The van der Waals surface area contributed by atoms with Gasteiger partial charge in [0.1, 0.15) is 0 Å². The molecule has 1 unspecified atom stereocenters. The molecule has 0 bridgehead atoms. The lowest BCUT2D eigenvalue weighted by Crippen LogP contribution is -2.62. The zero-order valence-electron chi connectivity index (χ0n) is 17.7. The molecular formula is C24H36O3S2. The van der Waals surface area contributed by atoms with Gasteiger partial charge in [0.15, 0.2) is 5.78 Å². The summed E-state index contributed by atoms with van der Waals surface area (Å²) in [5.41, 5.74) is 0.0439. The molecule has 0 saturated heterocycles. The van der Waals surface area contributed by atoms with Crippen molar-refractivity contribution in [2.24, 2.45) is 34.0 Å². The Balaban J connectivity index is 1.52. The molecular weight excluding hydrogens is 400 g/mol. The Morgan fingerprint density at radius 2 is 1.79 bits per heavy atom. The van der Waals surface area contributed by atoms with Crippen LogP contribution in [0.4, 0.5) is 0 Å². The number of aliphatic hydroxyl groups is 2. The molecule has 4 saturated carbocycles. The first kappa shape index (κ1) is 20.9. The molecule has 0 spiro atoms. The molecule has 3 nitrogen and oxygen atoms in total. The van der Waals surface area contributed by atoms with Crippen LogP contribution >= 0.6 is 25.3 Å². The molecule has 0 heterocycles. The minimum absolute atomic E-state index is 0.000807. The molecule has 5 aliphatic carbocycles. The van der Waals surface area contributed by atoms with Gasteiger partial charge in [0.2, 0.25) is 0 Å². The summed E-state index contributed by atoms with van der Waals surface area (Å²) in [6.45, 7) is 4.47. The lowest BCUT2D eigenvalue weighted by atomic mass is 9.43. The number of allylic oxidation sites excluding steroid dienone is 1. The van der Waals surface area contributed by atoms with Gasteiger partial charge < -0.3 is 10.2 Å². The fourth-order valence-electron chi connectivity index (χ4n) is 8.44. The topological polar surface area (TPSA) is 57.5 Å². The number of carbonyl (C=O) groups is 1. The maximum absolute atomic E-state index is 13.2. The molecule has 29 heavy (non-hydrogen) atoms. The van der Waals surface area contributed by atoms with Crippen LogP contribution in [-0.4, -0.2) is 32.3 Å². The smallest absolute Gasteiger partial charge is 0.159 e. The average Bonchev–Trinajstić information content (AvgIpc) is 2.86. The van der Waals surface area contributed by atoms with Crippen molar-refractivity contribution in [2.45, 2.75) is 94.3 Å². The van der Waals surface area contributed by atoms with E-state index in [1.165, 1.54) is 5.57 Å². The zero-order chi connectivity index (χ0) is 20.8. The standard InChI is InChI=1S/C24H36O3S2/c1-21-13-17(23(20(28)29)8-3-9-23)18(25)12-14(21)4-5-16-15(21)6-10-22(2)19(26)7-11-24(16,22)27/h12,15-17,19-20,26-29H,3-11,13H2,1-2H3/t15-,16+,17?,19-,21-,22+,24+/m0/s1. The molecule has 162 valence electrons. The summed E-state index contributed by atoms with van der Waals surface area (Å²) < 4.78 is -0.0630. The van der Waals surface area contributed by atoms with Crippen LogP contribution in [0.15, 0.2) is 11.6 Å². The third-order valence-electron chi connectivity index (χ3n) is 10.7. The maximum atomic E-state index is 13.2. The highest BCUT2D eigenvalue weighted by atomic mass is 32.2. The molecule has 0 aromatic carbocycles. The van der Waals surface area contributed by atoms with E-state index in [2.05, 4.69) is 13.8 Å². The van der Waals surface area contributed by atoms with Gasteiger partial charge in [-0.25, -0.2) is 0 Å². The number of thiol groups is 2. The van der Waals surface area contributed by atoms with Gasteiger partial charge in [0, 0.05) is 16.7 Å². The predicted octanol–water partition coefficient (Wildman–Crippen LogP) is 4.58. The van der Waals surface area contributed by atoms with Crippen molar-refractivity contribution in [3.63, 3.8) is 0 Å². The Morgan fingerprint density at radius 1 is 1.07 bits per heavy atom. The highest BCUT2D eigenvalue weighted by Gasteiger charge is 2.67. The van der Waals surface area contributed by atoms with Crippen molar-refractivity contribution in [3.8, 4) is 0 Å². The first-order valence-electron chi connectivity index (χ1n) is 11.6. The fraction of sp³-hybridized carbons (Fsp3) is 0.875. The summed E-state index contributed by atoms with van der Waals surface area (Å²) >= 11 is 9.41. The highest BCUT2D eigenvalue weighted by molar-refractivity contribution is 7.99. The van der Waals surface area contributed by atoms with Crippen molar-refractivity contribution in [1.82, 2.24) is 0 Å². The summed E-state index contributed by atoms with van der Waals surface area (Å²) in [6.07, 6.45) is 10.9. The van der Waals surface area contributed by atoms with Crippen LogP contribution in [0.5, 0.6) is 0 Å². The van der Waals surface area contributed by atoms with Crippen molar-refractivity contribution in [2.75, 3.05) is 0 Å². The van der Waals surface area contributed by atoms with E-state index in [1.54, 1.807) is 0 Å². The van der Waals surface area contributed by atoms with Crippen LogP contribution in [0.2, 0.25) is 0 Å². The largest absolute Gasteiger partial charge is 0.392 e. The summed E-state index contributed by atoms with van der Waals surface area (Å²) in [4.78, 5) is 13.2. The monoisotopic (exact) mass is 436 g/mol. The third kappa shape index (κ3) is 2.51. The van der Waals surface area contributed by atoms with Crippen LogP contribution < -0.4 is 0 Å². The molecule has 7 atom stereocenters. The predicted molar refractivity (Wildman–Crippen MR) is 121 cm³/mol. The van der Waals surface area contributed by atoms with Crippen LogP contribution in [0.3, 0.4) is 0 Å². The second kappa shape index (κ2) is 6.52. The molecule has 0 aromatic rings. The molecule has 0 amide bonds. The lowest BCUT2D eigenvalue weighted by Gasteiger charge is -2.63. The number of hydrogen-bond acceptors (Lipinski definition) is 5. The van der Waals surface area contributed by atoms with Crippen LogP contribution in [-0.2, 0) is 4.79 Å². The number of hydrogen-bond donors (Lipinski definition) is 4. The summed E-state index contributed by atoms with van der Waals surface area (Å²) in [5.74, 6) is 0.895. The van der Waals surface area contributed by atoms with Crippen molar-refractivity contribution in [3.05, 3.63) is 11.6 Å². The molecule has 5 rings (SSSR count). The number of rotatable bonds is 2.